The van der Waals surface area contributed by atoms with Crippen molar-refractivity contribution in [3.8, 4) is 5.75 Å². The van der Waals surface area contributed by atoms with Crippen molar-refractivity contribution in [2.45, 2.75) is 77.0 Å². The van der Waals surface area contributed by atoms with E-state index in [4.69, 9.17) is 4.74 Å². The third-order valence-electron chi connectivity index (χ3n) is 6.68. The quantitative estimate of drug-likeness (QED) is 0.355. The van der Waals surface area contributed by atoms with E-state index in [2.05, 4.69) is 6.92 Å². The average Bonchev–Trinajstić information content (AvgIpc) is 2.75. The second-order valence-electron chi connectivity index (χ2n) is 8.59. The summed E-state index contributed by atoms with van der Waals surface area (Å²) in [7, 11) is 0. The Bertz CT molecular complexity index is 680. The molecule has 3 rings (SSSR count). The normalized spacial score (nSPS) is 27.8. The van der Waals surface area contributed by atoms with E-state index in [0.717, 1.165) is 31.3 Å². The summed E-state index contributed by atoms with van der Waals surface area (Å²) in [6.07, 6.45) is 12.0. The van der Waals surface area contributed by atoms with Crippen LogP contribution in [0.4, 0.5) is 0 Å². The summed E-state index contributed by atoms with van der Waals surface area (Å²) in [5, 5.41) is 0. The number of ether oxygens (including phenoxy) is 1. The number of hydrogen-bond donors (Lipinski definition) is 0. The molecule has 1 aromatic rings. The summed E-state index contributed by atoms with van der Waals surface area (Å²) >= 11 is 0. The van der Waals surface area contributed by atoms with Gasteiger partial charge in [0, 0.05) is 5.92 Å². The third-order valence-corrected chi connectivity index (χ3v) is 6.68. The molecule has 0 unspecified atom stereocenters. The van der Waals surface area contributed by atoms with Gasteiger partial charge in [-0.25, -0.2) is 0 Å². The average molecular weight is 385 g/mol. The molecule has 4 nitrogen and oxygen atoms in total. The number of esters is 1. The zero-order chi connectivity index (χ0) is 19.9. The van der Waals surface area contributed by atoms with Crippen LogP contribution in [0.25, 0.3) is 0 Å². The zero-order valence-corrected chi connectivity index (χ0v) is 16.9. The van der Waals surface area contributed by atoms with Gasteiger partial charge in [0.05, 0.1) is 11.5 Å². The molecule has 0 aromatic heterocycles. The lowest BCUT2D eigenvalue weighted by molar-refractivity contribution is -0.140. The molecule has 0 amide bonds. The van der Waals surface area contributed by atoms with Crippen molar-refractivity contribution in [1.29, 1.82) is 0 Å². The number of benzene rings is 1. The standard InChI is InChI=1S/C24H32O4/c1-2-3-17-4-8-19(9-5-17)21-12-13-23(22(14-21)16-26)28-24(27)20-10-6-18(15-25)7-11-20/h12-20H,2-11H2,1H3. The van der Waals surface area contributed by atoms with E-state index in [-0.39, 0.29) is 17.8 Å². The van der Waals surface area contributed by atoms with Crippen LogP contribution in [0.5, 0.6) is 5.75 Å². The largest absolute Gasteiger partial charge is 0.426 e. The van der Waals surface area contributed by atoms with E-state index in [0.29, 0.717) is 30.1 Å². The number of carbonyl (C=O) groups excluding carboxylic acids is 3. The predicted molar refractivity (Wildman–Crippen MR) is 109 cm³/mol. The molecule has 0 atom stereocenters. The smallest absolute Gasteiger partial charge is 0.314 e. The van der Waals surface area contributed by atoms with E-state index in [1.165, 1.54) is 44.1 Å². The Balaban J connectivity index is 1.61. The molecule has 0 saturated heterocycles. The van der Waals surface area contributed by atoms with Crippen molar-refractivity contribution in [1.82, 2.24) is 0 Å². The molecule has 2 aliphatic rings. The fourth-order valence-corrected chi connectivity index (χ4v) is 4.88. The second-order valence-corrected chi connectivity index (χ2v) is 8.59. The Morgan fingerprint density at radius 2 is 1.75 bits per heavy atom. The maximum atomic E-state index is 12.5. The molecule has 0 bridgehead atoms. The van der Waals surface area contributed by atoms with Gasteiger partial charge in [-0.1, -0.05) is 25.8 Å². The van der Waals surface area contributed by atoms with Gasteiger partial charge >= 0.3 is 5.97 Å². The maximum Gasteiger partial charge on any atom is 0.314 e. The maximum absolute atomic E-state index is 12.5. The topological polar surface area (TPSA) is 60.4 Å². The van der Waals surface area contributed by atoms with Gasteiger partial charge < -0.3 is 9.53 Å². The van der Waals surface area contributed by atoms with E-state index in [1.807, 2.05) is 12.1 Å². The highest BCUT2D eigenvalue weighted by atomic mass is 16.5. The van der Waals surface area contributed by atoms with Crippen molar-refractivity contribution in [2.75, 3.05) is 0 Å². The van der Waals surface area contributed by atoms with Crippen LogP contribution in [0.3, 0.4) is 0 Å². The number of rotatable bonds is 7. The molecule has 2 aliphatic carbocycles. The molecular weight excluding hydrogens is 352 g/mol. The Kier molecular flexibility index (Phi) is 7.41. The van der Waals surface area contributed by atoms with Crippen molar-refractivity contribution >= 4 is 18.5 Å². The molecule has 0 N–H and O–H groups in total. The lowest BCUT2D eigenvalue weighted by Crippen LogP contribution is -2.26. The molecule has 2 saturated carbocycles. The van der Waals surface area contributed by atoms with Crippen LogP contribution in [-0.4, -0.2) is 18.5 Å². The molecule has 0 aliphatic heterocycles. The van der Waals surface area contributed by atoms with Crippen LogP contribution in [0, 0.1) is 17.8 Å². The van der Waals surface area contributed by atoms with Crippen LogP contribution in [0.2, 0.25) is 0 Å². The highest BCUT2D eigenvalue weighted by Crippen LogP contribution is 2.38. The number of aldehydes is 2. The van der Waals surface area contributed by atoms with Crippen LogP contribution in [0.1, 0.15) is 93.0 Å². The van der Waals surface area contributed by atoms with Crippen LogP contribution in [-0.2, 0) is 9.59 Å². The fraction of sp³-hybridized carbons (Fsp3) is 0.625. The van der Waals surface area contributed by atoms with Crippen molar-refractivity contribution in [3.05, 3.63) is 29.3 Å². The monoisotopic (exact) mass is 384 g/mol. The molecular formula is C24H32O4. The van der Waals surface area contributed by atoms with Gasteiger partial charge in [-0.15, -0.1) is 0 Å². The molecule has 28 heavy (non-hydrogen) atoms. The van der Waals surface area contributed by atoms with E-state index in [9.17, 15) is 14.4 Å². The number of hydrogen-bond acceptors (Lipinski definition) is 4. The summed E-state index contributed by atoms with van der Waals surface area (Å²) in [6.45, 7) is 2.25. The first-order chi connectivity index (χ1) is 13.6. The lowest BCUT2D eigenvalue weighted by Gasteiger charge is -2.29. The van der Waals surface area contributed by atoms with E-state index in [1.54, 1.807) is 6.07 Å². The fourth-order valence-electron chi connectivity index (χ4n) is 4.88. The Morgan fingerprint density at radius 1 is 1.04 bits per heavy atom. The van der Waals surface area contributed by atoms with Crippen molar-refractivity contribution < 1.29 is 19.1 Å². The third kappa shape index (κ3) is 5.09. The molecule has 0 radical (unpaired) electrons. The van der Waals surface area contributed by atoms with Crippen LogP contribution in [0.15, 0.2) is 18.2 Å². The predicted octanol–water partition coefficient (Wildman–Crippen LogP) is 5.48. The SMILES string of the molecule is CCCC1CCC(c2ccc(OC(=O)C3CCC(C=O)CC3)c(C=O)c2)CC1. The summed E-state index contributed by atoms with van der Waals surface area (Å²) < 4.78 is 5.58. The minimum atomic E-state index is -0.278. The van der Waals surface area contributed by atoms with Gasteiger partial charge in [0.25, 0.3) is 0 Å². The first-order valence-corrected chi connectivity index (χ1v) is 10.9. The summed E-state index contributed by atoms with van der Waals surface area (Å²) in [6, 6.07) is 5.71. The summed E-state index contributed by atoms with van der Waals surface area (Å²) in [4.78, 5) is 35.0. The second kappa shape index (κ2) is 9.99. The summed E-state index contributed by atoms with van der Waals surface area (Å²) in [5.41, 5.74) is 1.64. The van der Waals surface area contributed by atoms with Gasteiger partial charge in [0.15, 0.2) is 6.29 Å². The lowest BCUT2D eigenvalue weighted by atomic mass is 9.77. The van der Waals surface area contributed by atoms with Crippen molar-refractivity contribution in [3.63, 3.8) is 0 Å². The summed E-state index contributed by atoms with van der Waals surface area (Å²) in [5.74, 6) is 1.32. The van der Waals surface area contributed by atoms with Crippen LogP contribution >= 0.6 is 0 Å². The first kappa shape index (κ1) is 20.8. The molecule has 0 heterocycles. The van der Waals surface area contributed by atoms with Gasteiger partial charge in [-0.3, -0.25) is 9.59 Å². The Hall–Kier alpha value is -1.97. The van der Waals surface area contributed by atoms with Crippen molar-refractivity contribution in [2.24, 2.45) is 17.8 Å². The molecule has 152 valence electrons. The minimum absolute atomic E-state index is 0.0706. The van der Waals surface area contributed by atoms with Gasteiger partial charge in [0.1, 0.15) is 12.0 Å². The Labute approximate surface area is 168 Å². The molecule has 0 spiro atoms. The first-order valence-electron chi connectivity index (χ1n) is 10.9. The van der Waals surface area contributed by atoms with E-state index >= 15 is 0 Å². The Morgan fingerprint density at radius 3 is 2.36 bits per heavy atom. The highest BCUT2D eigenvalue weighted by Gasteiger charge is 2.28. The molecule has 4 heteroatoms. The molecule has 2 fully saturated rings. The zero-order valence-electron chi connectivity index (χ0n) is 16.9. The minimum Gasteiger partial charge on any atom is -0.426 e. The van der Waals surface area contributed by atoms with Gasteiger partial charge in [-0.05, 0) is 80.9 Å². The highest BCUT2D eigenvalue weighted by molar-refractivity contribution is 5.83. The number of carbonyl (C=O) groups is 3. The molecule has 1 aromatic carbocycles. The van der Waals surface area contributed by atoms with Gasteiger partial charge in [-0.2, -0.15) is 0 Å². The van der Waals surface area contributed by atoms with Crippen LogP contribution < -0.4 is 4.74 Å². The van der Waals surface area contributed by atoms with E-state index < -0.39 is 0 Å². The van der Waals surface area contributed by atoms with Gasteiger partial charge in [0.2, 0.25) is 0 Å².